The third-order valence-corrected chi connectivity index (χ3v) is 4.64. The van der Waals surface area contributed by atoms with E-state index >= 15 is 0 Å². The van der Waals surface area contributed by atoms with Gasteiger partial charge in [0.15, 0.2) is 0 Å². The predicted molar refractivity (Wildman–Crippen MR) is 93.9 cm³/mol. The van der Waals surface area contributed by atoms with Gasteiger partial charge in [0, 0.05) is 18.2 Å². The highest BCUT2D eigenvalue weighted by atomic mass is 32.2. The van der Waals surface area contributed by atoms with Crippen molar-refractivity contribution in [1.29, 1.82) is 0 Å². The highest BCUT2D eigenvalue weighted by Crippen LogP contribution is 2.22. The summed E-state index contributed by atoms with van der Waals surface area (Å²) in [6.07, 6.45) is 1.09. The number of rotatable bonds is 7. The lowest BCUT2D eigenvalue weighted by atomic mass is 10.2. The van der Waals surface area contributed by atoms with E-state index in [0.717, 1.165) is 6.26 Å². The smallest absolute Gasteiger partial charge is 0.251 e. The first kappa shape index (κ1) is 18.7. The number of amides is 1. The van der Waals surface area contributed by atoms with Crippen LogP contribution in [0.3, 0.4) is 0 Å². The molecule has 25 heavy (non-hydrogen) atoms. The average molecular weight is 366 g/mol. The summed E-state index contributed by atoms with van der Waals surface area (Å²) in [5.74, 6) is -0.307. The zero-order valence-electron chi connectivity index (χ0n) is 13.9. The minimum Gasteiger partial charge on any atom is -0.497 e. The Balaban J connectivity index is 2.06. The SMILES string of the molecule is COc1cccc(N(CCNC(=O)c2ccc(F)cc2)S(C)(=O)=O)c1. The topological polar surface area (TPSA) is 75.7 Å². The third kappa shape index (κ3) is 5.18. The van der Waals surface area contributed by atoms with Crippen LogP contribution in [0.25, 0.3) is 0 Å². The first-order valence-electron chi connectivity index (χ1n) is 7.47. The molecule has 0 spiro atoms. The van der Waals surface area contributed by atoms with Crippen molar-refractivity contribution in [2.24, 2.45) is 0 Å². The number of nitrogens with zero attached hydrogens (tertiary/aromatic N) is 1. The van der Waals surface area contributed by atoms with Gasteiger partial charge in [-0.25, -0.2) is 12.8 Å². The monoisotopic (exact) mass is 366 g/mol. The molecule has 0 aliphatic rings. The van der Waals surface area contributed by atoms with Crippen molar-refractivity contribution < 1.29 is 22.3 Å². The van der Waals surface area contributed by atoms with Gasteiger partial charge < -0.3 is 10.1 Å². The van der Waals surface area contributed by atoms with Crippen LogP contribution in [-0.2, 0) is 10.0 Å². The molecule has 0 aliphatic heterocycles. The van der Waals surface area contributed by atoms with E-state index in [4.69, 9.17) is 4.74 Å². The minimum absolute atomic E-state index is 0.0545. The molecule has 0 saturated heterocycles. The van der Waals surface area contributed by atoms with Gasteiger partial charge in [-0.3, -0.25) is 9.10 Å². The zero-order chi connectivity index (χ0) is 18.4. The molecule has 0 aliphatic carbocycles. The number of hydrogen-bond acceptors (Lipinski definition) is 4. The van der Waals surface area contributed by atoms with Crippen LogP contribution in [0, 0.1) is 5.82 Å². The molecule has 2 rings (SSSR count). The fourth-order valence-electron chi connectivity index (χ4n) is 2.23. The number of carbonyl (C=O) groups is 1. The number of ether oxygens (including phenoxy) is 1. The van der Waals surface area contributed by atoms with E-state index < -0.39 is 21.7 Å². The Morgan fingerprint density at radius 2 is 1.88 bits per heavy atom. The fraction of sp³-hybridized carbons (Fsp3) is 0.235. The maximum atomic E-state index is 12.9. The first-order valence-corrected chi connectivity index (χ1v) is 9.31. The summed E-state index contributed by atoms with van der Waals surface area (Å²) >= 11 is 0. The second-order valence-electron chi connectivity index (χ2n) is 5.30. The van der Waals surface area contributed by atoms with Crippen LogP contribution >= 0.6 is 0 Å². The number of benzene rings is 2. The molecular weight excluding hydrogens is 347 g/mol. The highest BCUT2D eigenvalue weighted by molar-refractivity contribution is 7.92. The molecule has 0 radical (unpaired) electrons. The van der Waals surface area contributed by atoms with Crippen LogP contribution < -0.4 is 14.4 Å². The van der Waals surface area contributed by atoms with Gasteiger partial charge in [0.05, 0.1) is 25.6 Å². The van der Waals surface area contributed by atoms with E-state index in [0.29, 0.717) is 17.0 Å². The van der Waals surface area contributed by atoms with Crippen molar-refractivity contribution in [1.82, 2.24) is 5.32 Å². The summed E-state index contributed by atoms with van der Waals surface area (Å²) in [5, 5.41) is 2.62. The van der Waals surface area contributed by atoms with Crippen LogP contribution in [-0.4, -0.2) is 40.8 Å². The summed E-state index contributed by atoms with van der Waals surface area (Å²) < 4.78 is 43.3. The van der Waals surface area contributed by atoms with E-state index in [9.17, 15) is 17.6 Å². The summed E-state index contributed by atoms with van der Waals surface area (Å²) in [6, 6.07) is 11.7. The molecule has 0 unspecified atom stereocenters. The van der Waals surface area contributed by atoms with E-state index in [1.54, 1.807) is 24.3 Å². The van der Waals surface area contributed by atoms with Gasteiger partial charge in [0.25, 0.3) is 5.91 Å². The quantitative estimate of drug-likeness (QED) is 0.814. The van der Waals surface area contributed by atoms with E-state index in [1.165, 1.54) is 35.7 Å². The molecule has 134 valence electrons. The normalized spacial score (nSPS) is 11.0. The minimum atomic E-state index is -3.53. The molecule has 1 N–H and O–H groups in total. The van der Waals surface area contributed by atoms with Crippen molar-refractivity contribution in [2.45, 2.75) is 0 Å². The summed E-state index contributed by atoms with van der Waals surface area (Å²) in [7, 11) is -2.04. The van der Waals surface area contributed by atoms with Gasteiger partial charge in [0.2, 0.25) is 10.0 Å². The van der Waals surface area contributed by atoms with E-state index in [2.05, 4.69) is 5.32 Å². The van der Waals surface area contributed by atoms with Gasteiger partial charge in [-0.1, -0.05) is 6.07 Å². The van der Waals surface area contributed by atoms with Crippen LogP contribution in [0.5, 0.6) is 5.75 Å². The van der Waals surface area contributed by atoms with Crippen molar-refractivity contribution in [3.8, 4) is 5.75 Å². The van der Waals surface area contributed by atoms with E-state index in [1.807, 2.05) is 0 Å². The second kappa shape index (κ2) is 7.98. The molecule has 0 bridgehead atoms. The molecule has 0 aromatic heterocycles. The van der Waals surface area contributed by atoms with Crippen LogP contribution in [0.4, 0.5) is 10.1 Å². The van der Waals surface area contributed by atoms with Crippen molar-refractivity contribution in [3.63, 3.8) is 0 Å². The lowest BCUT2D eigenvalue weighted by molar-refractivity contribution is 0.0955. The van der Waals surface area contributed by atoms with Gasteiger partial charge >= 0.3 is 0 Å². The fourth-order valence-corrected chi connectivity index (χ4v) is 3.15. The third-order valence-electron chi connectivity index (χ3n) is 3.45. The summed E-state index contributed by atoms with van der Waals surface area (Å²) in [6.45, 7) is 0.152. The maximum absolute atomic E-state index is 12.9. The number of anilines is 1. The first-order chi connectivity index (χ1) is 11.8. The largest absolute Gasteiger partial charge is 0.497 e. The van der Waals surface area contributed by atoms with Crippen molar-refractivity contribution in [3.05, 3.63) is 59.9 Å². The Kier molecular flexibility index (Phi) is 5.97. The summed E-state index contributed by atoms with van der Waals surface area (Å²) in [4.78, 5) is 12.0. The number of sulfonamides is 1. The lowest BCUT2D eigenvalue weighted by Gasteiger charge is -2.23. The molecule has 2 aromatic rings. The Morgan fingerprint density at radius 1 is 1.20 bits per heavy atom. The number of halogens is 1. The Morgan fingerprint density at radius 3 is 2.48 bits per heavy atom. The number of methoxy groups -OCH3 is 1. The molecule has 0 saturated carbocycles. The molecule has 0 atom stereocenters. The maximum Gasteiger partial charge on any atom is 0.251 e. The Hall–Kier alpha value is -2.61. The van der Waals surface area contributed by atoms with E-state index in [-0.39, 0.29) is 13.1 Å². The molecule has 1 amide bonds. The van der Waals surface area contributed by atoms with Gasteiger partial charge in [-0.05, 0) is 36.4 Å². The number of carbonyl (C=O) groups excluding carboxylic acids is 1. The van der Waals surface area contributed by atoms with Gasteiger partial charge in [-0.15, -0.1) is 0 Å². The molecule has 0 fully saturated rings. The molecule has 8 heteroatoms. The van der Waals surface area contributed by atoms with Crippen molar-refractivity contribution >= 4 is 21.6 Å². The summed E-state index contributed by atoms with van der Waals surface area (Å²) in [5.41, 5.74) is 0.742. The molecule has 0 heterocycles. The van der Waals surface area contributed by atoms with Crippen LogP contribution in [0.2, 0.25) is 0 Å². The Bertz CT molecular complexity index is 838. The second-order valence-corrected chi connectivity index (χ2v) is 7.21. The van der Waals surface area contributed by atoms with Gasteiger partial charge in [0.1, 0.15) is 11.6 Å². The molecule has 2 aromatic carbocycles. The van der Waals surface area contributed by atoms with Crippen LogP contribution in [0.1, 0.15) is 10.4 Å². The van der Waals surface area contributed by atoms with Gasteiger partial charge in [-0.2, -0.15) is 0 Å². The molecular formula is C17H19FN2O4S. The van der Waals surface area contributed by atoms with Crippen molar-refractivity contribution in [2.75, 3.05) is 30.8 Å². The Labute approximate surface area is 146 Å². The standard InChI is InChI=1S/C17H19FN2O4S/c1-24-16-5-3-4-15(12-16)20(25(2,22)23)11-10-19-17(21)13-6-8-14(18)9-7-13/h3-9,12H,10-11H2,1-2H3,(H,19,21). The number of nitrogens with one attached hydrogen (secondary N) is 1. The highest BCUT2D eigenvalue weighted by Gasteiger charge is 2.18. The van der Waals surface area contributed by atoms with Crippen LogP contribution in [0.15, 0.2) is 48.5 Å². The predicted octanol–water partition coefficient (Wildman–Crippen LogP) is 2.03. The lowest BCUT2D eigenvalue weighted by Crippen LogP contribution is -2.38. The molecule has 6 nitrogen and oxygen atoms in total. The average Bonchev–Trinajstić information content (AvgIpc) is 2.58. The number of hydrogen-bond donors (Lipinski definition) is 1. The zero-order valence-corrected chi connectivity index (χ0v) is 14.7.